The highest BCUT2D eigenvalue weighted by Crippen LogP contribution is 2.38. The number of nitrogens with zero attached hydrogens (tertiary/aromatic N) is 2. The van der Waals surface area contributed by atoms with Crippen molar-refractivity contribution in [2.45, 2.75) is 202 Å². The number of alkyl halides is 1. The quantitative estimate of drug-likeness (QED) is 0.224. The molecule has 1 N–H and O–H groups in total. The van der Waals surface area contributed by atoms with E-state index < -0.39 is 0 Å². The Bertz CT molecular complexity index is 795. The number of likely N-dealkylation sites (N-methyl/N-ethyl adjacent to an activating group) is 1. The van der Waals surface area contributed by atoms with E-state index in [-0.39, 0.29) is 11.0 Å². The summed E-state index contributed by atoms with van der Waals surface area (Å²) in [5, 5.41) is 8.91. The molecule has 0 aromatic rings. The van der Waals surface area contributed by atoms with E-state index in [4.69, 9.17) is 5.11 Å². The van der Waals surface area contributed by atoms with E-state index in [0.29, 0.717) is 7.18 Å². The monoisotopic (exact) mass is 771 g/mol. The van der Waals surface area contributed by atoms with Crippen molar-refractivity contribution in [1.29, 1.82) is 0 Å². The van der Waals surface area contributed by atoms with Gasteiger partial charge in [-0.15, -0.1) is 13.2 Å². The number of likely N-dealkylation sites (tertiary alicyclic amines) is 1. The summed E-state index contributed by atoms with van der Waals surface area (Å²) in [6, 6.07) is 0.884. The first-order valence-corrected chi connectivity index (χ1v) is 21.9. The number of aliphatic hydroxyl groups is 1. The molecule has 0 bridgehead atoms. The van der Waals surface area contributed by atoms with Gasteiger partial charge >= 0.3 is 0 Å². The lowest BCUT2D eigenvalue weighted by molar-refractivity contribution is -0.0147. The first-order chi connectivity index (χ1) is 25.5. The predicted molar refractivity (Wildman–Crippen MR) is 258 cm³/mol. The normalized spacial score (nSPS) is 19.6. The highest BCUT2D eigenvalue weighted by molar-refractivity contribution is 5.56. The van der Waals surface area contributed by atoms with Crippen LogP contribution in [0, 0.1) is 11.3 Å². The lowest BCUT2D eigenvalue weighted by Gasteiger charge is -2.31. The number of hydrogen-bond donors (Lipinski definition) is 1. The molecule has 0 aromatic carbocycles. The van der Waals surface area contributed by atoms with Crippen LogP contribution in [-0.2, 0) is 0 Å². The van der Waals surface area contributed by atoms with Gasteiger partial charge in [0.2, 0.25) is 0 Å². The first kappa shape index (κ1) is 73.4. The Morgan fingerprint density at radius 3 is 1.33 bits per heavy atom. The summed E-state index contributed by atoms with van der Waals surface area (Å²) >= 11 is 0. The minimum absolute atomic E-state index is 0.162. The fourth-order valence-electron chi connectivity index (χ4n) is 4.26. The van der Waals surface area contributed by atoms with E-state index in [2.05, 4.69) is 138 Å². The van der Waals surface area contributed by atoms with Gasteiger partial charge in [0.1, 0.15) is 0 Å². The van der Waals surface area contributed by atoms with Gasteiger partial charge in [0.25, 0.3) is 0 Å². The van der Waals surface area contributed by atoms with Gasteiger partial charge in [0, 0.05) is 19.1 Å². The molecule has 3 nitrogen and oxygen atoms in total. The minimum atomic E-state index is -0.278. The molecule has 2 saturated heterocycles. The molecule has 3 unspecified atom stereocenters. The van der Waals surface area contributed by atoms with Crippen molar-refractivity contribution in [2.75, 3.05) is 40.9 Å². The Kier molecular flexibility index (Phi) is 75.5. The van der Waals surface area contributed by atoms with Crippen molar-refractivity contribution in [3.63, 3.8) is 0 Å². The van der Waals surface area contributed by atoms with Gasteiger partial charge in [-0.2, -0.15) is 0 Å². The second-order valence-electron chi connectivity index (χ2n) is 13.5. The van der Waals surface area contributed by atoms with Crippen molar-refractivity contribution in [2.24, 2.45) is 11.3 Å². The molecule has 330 valence electrons. The molecule has 4 rings (SSSR count). The predicted octanol–water partition coefficient (Wildman–Crippen LogP) is 16.5. The third-order valence-corrected chi connectivity index (χ3v) is 7.09. The second-order valence-corrected chi connectivity index (χ2v) is 13.5. The summed E-state index contributed by atoms with van der Waals surface area (Å²) < 4.78 is 9.50. The molecule has 3 atom stereocenters. The molecular weight excluding hydrogens is 664 g/mol. The zero-order valence-corrected chi connectivity index (χ0v) is 42.1. The van der Waals surface area contributed by atoms with Crippen LogP contribution in [0.3, 0.4) is 0 Å². The Morgan fingerprint density at radius 1 is 0.870 bits per heavy atom. The number of hydrogen-bond acceptors (Lipinski definition) is 3. The molecule has 2 aliphatic carbocycles. The maximum atomic E-state index is 9.50. The van der Waals surface area contributed by atoms with Gasteiger partial charge in [0.15, 0.2) is 0 Å². The highest BCUT2D eigenvalue weighted by atomic mass is 19.1. The van der Waals surface area contributed by atoms with Gasteiger partial charge in [-0.25, -0.2) is 0 Å². The van der Waals surface area contributed by atoms with E-state index in [1.165, 1.54) is 62.0 Å². The number of allylic oxidation sites excluding steroid dienone is 8. The molecule has 0 radical (unpaired) electrons. The smallest absolute Gasteiger partial charge is 0.0785 e. The summed E-state index contributed by atoms with van der Waals surface area (Å²) in [6.07, 6.45) is 16.5. The third-order valence-electron chi connectivity index (χ3n) is 7.09. The number of halogens is 1. The first-order valence-electron chi connectivity index (χ1n) is 21.9. The zero-order valence-electron chi connectivity index (χ0n) is 42.1. The Morgan fingerprint density at radius 2 is 1.20 bits per heavy atom. The van der Waals surface area contributed by atoms with E-state index in [9.17, 15) is 4.39 Å². The molecule has 2 heterocycles. The Labute approximate surface area is 345 Å². The van der Waals surface area contributed by atoms with Crippen molar-refractivity contribution < 1.29 is 9.50 Å². The van der Waals surface area contributed by atoms with Crippen LogP contribution in [0.15, 0.2) is 72.9 Å². The minimum Gasteiger partial charge on any atom is -0.390 e. The molecule has 4 aliphatic rings. The maximum absolute atomic E-state index is 9.50. The van der Waals surface area contributed by atoms with Crippen LogP contribution >= 0.6 is 0 Å². The fourth-order valence-corrected chi connectivity index (χ4v) is 4.26. The van der Waals surface area contributed by atoms with Crippen molar-refractivity contribution in [3.8, 4) is 0 Å². The lowest BCUT2D eigenvalue weighted by Crippen LogP contribution is -2.32. The van der Waals surface area contributed by atoms with Gasteiger partial charge < -0.3 is 14.9 Å². The average molecular weight is 771 g/mol. The van der Waals surface area contributed by atoms with Gasteiger partial charge in [-0.3, -0.25) is 4.39 Å². The van der Waals surface area contributed by atoms with E-state index >= 15 is 0 Å². The molecule has 1 saturated carbocycles. The van der Waals surface area contributed by atoms with Crippen LogP contribution in [0.5, 0.6) is 0 Å². The van der Waals surface area contributed by atoms with Crippen molar-refractivity contribution in [1.82, 2.24) is 9.80 Å². The zero-order chi connectivity index (χ0) is 45.5. The molecule has 2 aliphatic heterocycles. The van der Waals surface area contributed by atoms with Crippen LogP contribution in [0.25, 0.3) is 0 Å². The third kappa shape index (κ3) is 52.4. The van der Waals surface area contributed by atoms with Crippen molar-refractivity contribution in [3.05, 3.63) is 72.9 Å². The second kappa shape index (κ2) is 55.6. The summed E-state index contributed by atoms with van der Waals surface area (Å²) in [7, 11) is 4.81. The van der Waals surface area contributed by atoms with Gasteiger partial charge in [0.05, 0.1) is 12.8 Å². The van der Waals surface area contributed by atoms with Gasteiger partial charge in [-0.1, -0.05) is 175 Å². The van der Waals surface area contributed by atoms with Crippen LogP contribution in [0.4, 0.5) is 4.39 Å². The summed E-state index contributed by atoms with van der Waals surface area (Å²) in [4.78, 5) is 4.67. The highest BCUT2D eigenvalue weighted by Gasteiger charge is 2.27. The standard InChI is InChI=1S/C16H22.C6H13N.C5H10O.C4H9N.2C3H8.5C2H6.C2H4.CH3F/c1-7-9-15(16(4,5)6)14-11-13(8-2)10-12(14)3;1-6-3-4-7(2)5-6;1-5(6)3-2-4-5;1-4-3-5(4)2;2*1-3-2;7*1-2/h7-10H,2-3,11H2,1,4-6H3;6H,3-5H2,1-2H3;6H,2-4H2,1H3;4H,3H2,1-2H3;2*3H2,1-2H3;5*1-2H3;1-2H2;1H3/b9-7-,15-14+;;;;;;;;;;;;. The maximum Gasteiger partial charge on any atom is 0.0785 e. The molecule has 54 heavy (non-hydrogen) atoms. The van der Waals surface area contributed by atoms with Crippen LogP contribution < -0.4 is 0 Å². The van der Waals surface area contributed by atoms with Crippen LogP contribution in [0.2, 0.25) is 0 Å². The average Bonchev–Trinajstić information content (AvgIpc) is 3.46. The molecule has 3 fully saturated rings. The molecule has 0 aromatic heterocycles. The fraction of sp³-hybridized carbons (Fsp3) is 0.760. The Hall–Kier alpha value is -1.75. The van der Waals surface area contributed by atoms with E-state index in [1.54, 1.807) is 0 Å². The van der Waals surface area contributed by atoms with Crippen LogP contribution in [0.1, 0.15) is 190 Å². The summed E-state index contributed by atoms with van der Waals surface area (Å²) in [5.41, 5.74) is 5.03. The topological polar surface area (TPSA) is 26.5 Å². The summed E-state index contributed by atoms with van der Waals surface area (Å²) in [5.74, 6) is 0.949. The van der Waals surface area contributed by atoms with Crippen molar-refractivity contribution >= 4 is 0 Å². The molecule has 4 heteroatoms. The number of rotatable bonds is 2. The lowest BCUT2D eigenvalue weighted by atomic mass is 9.81. The molecular formula is C50H107FN2O. The van der Waals surface area contributed by atoms with E-state index in [0.717, 1.165) is 36.8 Å². The van der Waals surface area contributed by atoms with E-state index in [1.807, 2.05) is 82.2 Å². The SMILES string of the molecule is C=C.C=CC1=CC(=C)/C(=C(\C=C/C)C(C)(C)C)C1.CC.CC.CC.CC.CC.CC1(O)CCC1.CC1CCN(C)C1.CC1CN1C.CCC.CCC.CF. The summed E-state index contributed by atoms with van der Waals surface area (Å²) in [6.45, 7) is 61.6. The van der Waals surface area contributed by atoms with Crippen LogP contribution in [-0.4, -0.2) is 67.5 Å². The Balaban J connectivity index is -0.0000000649. The van der Waals surface area contributed by atoms with Gasteiger partial charge in [-0.05, 0) is 107 Å². The molecule has 0 amide bonds. The molecule has 0 spiro atoms. The largest absolute Gasteiger partial charge is 0.390 e.